The van der Waals surface area contributed by atoms with Crippen LogP contribution in [0.4, 0.5) is 0 Å². The molecule has 0 aliphatic rings. The maximum absolute atomic E-state index is 12.8. The molecule has 142 valence electrons. The monoisotopic (exact) mass is 382 g/mol. The molecule has 0 unspecified atom stereocenters. The molecule has 0 spiro atoms. The van der Waals surface area contributed by atoms with Gasteiger partial charge in [-0.05, 0) is 45.7 Å². The molecular weight excluding hydrogens is 364 g/mol. The van der Waals surface area contributed by atoms with E-state index in [1.165, 1.54) is 0 Å². The average molecular weight is 382 g/mol. The highest BCUT2D eigenvalue weighted by molar-refractivity contribution is 6.06. The molecule has 0 aromatic heterocycles. The Morgan fingerprint density at radius 3 is 2.03 bits per heavy atom. The number of carboxylic acids is 1. The summed E-state index contributed by atoms with van der Waals surface area (Å²) in [5.41, 5.74) is 2.39. The first kappa shape index (κ1) is 18.4. The molecule has 0 amide bonds. The van der Waals surface area contributed by atoms with Gasteiger partial charge in [-0.25, -0.2) is 9.59 Å². The Morgan fingerprint density at radius 2 is 1.31 bits per heavy atom. The first-order valence-electron chi connectivity index (χ1n) is 9.20. The van der Waals surface area contributed by atoms with Crippen LogP contribution < -0.4 is 0 Å². The summed E-state index contributed by atoms with van der Waals surface area (Å²) in [5.74, 6) is -1.54. The molecule has 1 N–H and O–H groups in total. The summed E-state index contributed by atoms with van der Waals surface area (Å²) < 4.78 is 5.48. The van der Waals surface area contributed by atoms with Gasteiger partial charge in [0.05, 0.1) is 11.1 Å². The molecule has 4 rings (SSSR count). The van der Waals surface area contributed by atoms with Crippen molar-refractivity contribution in [2.24, 2.45) is 0 Å². The summed E-state index contributed by atoms with van der Waals surface area (Å²) in [5, 5.41) is 11.5. The molecule has 4 heteroatoms. The van der Waals surface area contributed by atoms with Gasteiger partial charge < -0.3 is 9.84 Å². The summed E-state index contributed by atoms with van der Waals surface area (Å²) in [4.78, 5) is 24.7. The molecule has 0 aliphatic carbocycles. The molecule has 4 nitrogen and oxygen atoms in total. The molecule has 4 aromatic rings. The molecule has 0 bridgehead atoms. The minimum atomic E-state index is -1.04. The van der Waals surface area contributed by atoms with Crippen molar-refractivity contribution in [2.45, 2.75) is 6.61 Å². The van der Waals surface area contributed by atoms with Crippen LogP contribution in [0.15, 0.2) is 91.0 Å². The Balaban J connectivity index is 1.75. The van der Waals surface area contributed by atoms with Crippen molar-refractivity contribution in [3.63, 3.8) is 0 Å². The van der Waals surface area contributed by atoms with Gasteiger partial charge in [-0.3, -0.25) is 0 Å². The summed E-state index contributed by atoms with van der Waals surface area (Å²) in [6, 6.07) is 27.3. The fraction of sp³-hybridized carbons (Fsp3) is 0.0400. The van der Waals surface area contributed by atoms with Crippen LogP contribution in [0.1, 0.15) is 26.3 Å². The third kappa shape index (κ3) is 3.87. The molecular formula is C25H18O4. The number of ether oxygens (including phenoxy) is 1. The van der Waals surface area contributed by atoms with Gasteiger partial charge >= 0.3 is 11.9 Å². The van der Waals surface area contributed by atoms with Crippen molar-refractivity contribution in [3.05, 3.63) is 108 Å². The number of rotatable bonds is 5. The second-order valence-corrected chi connectivity index (χ2v) is 6.66. The summed E-state index contributed by atoms with van der Waals surface area (Å²) >= 11 is 0. The van der Waals surface area contributed by atoms with Gasteiger partial charge in [-0.15, -0.1) is 0 Å². The van der Waals surface area contributed by atoms with Gasteiger partial charge in [0.1, 0.15) is 6.61 Å². The van der Waals surface area contributed by atoms with Gasteiger partial charge in [0.2, 0.25) is 0 Å². The van der Waals surface area contributed by atoms with E-state index < -0.39 is 11.9 Å². The number of fused-ring (bicyclic) bond motifs is 1. The molecule has 0 saturated heterocycles. The van der Waals surface area contributed by atoms with E-state index in [-0.39, 0.29) is 12.2 Å². The minimum Gasteiger partial charge on any atom is -0.478 e. The first-order chi connectivity index (χ1) is 14.1. The molecule has 0 radical (unpaired) electrons. The number of esters is 1. The van der Waals surface area contributed by atoms with Crippen LogP contribution in [-0.4, -0.2) is 17.0 Å². The Morgan fingerprint density at radius 1 is 0.690 bits per heavy atom. The van der Waals surface area contributed by atoms with E-state index >= 15 is 0 Å². The molecule has 0 fully saturated rings. The van der Waals surface area contributed by atoms with Gasteiger partial charge in [0, 0.05) is 0 Å². The van der Waals surface area contributed by atoms with E-state index in [9.17, 15) is 14.7 Å². The van der Waals surface area contributed by atoms with E-state index in [4.69, 9.17) is 4.74 Å². The molecule has 29 heavy (non-hydrogen) atoms. The Labute approximate surface area is 168 Å². The second kappa shape index (κ2) is 7.98. The Hall–Kier alpha value is -3.92. The topological polar surface area (TPSA) is 63.6 Å². The zero-order chi connectivity index (χ0) is 20.2. The number of carbonyl (C=O) groups excluding carboxylic acids is 1. The SMILES string of the molecule is O=C(O)c1cc2ccccc2cc1-c1ccccc1C(=O)OCc1ccccc1. The lowest BCUT2D eigenvalue weighted by molar-refractivity contribution is 0.0473. The van der Waals surface area contributed by atoms with Crippen LogP contribution in [0.25, 0.3) is 21.9 Å². The quantitative estimate of drug-likeness (QED) is 0.459. The number of hydrogen-bond acceptors (Lipinski definition) is 3. The predicted octanol–water partition coefficient (Wildman–Crippen LogP) is 5.56. The Bertz CT molecular complexity index is 1200. The van der Waals surface area contributed by atoms with E-state index in [1.54, 1.807) is 30.3 Å². The summed E-state index contributed by atoms with van der Waals surface area (Å²) in [6.45, 7) is 0.150. The number of aromatic carboxylic acids is 1. The number of carboxylic acid groups (broad SMARTS) is 1. The van der Waals surface area contributed by atoms with Gasteiger partial charge in [-0.2, -0.15) is 0 Å². The molecule has 0 heterocycles. The second-order valence-electron chi connectivity index (χ2n) is 6.66. The normalized spacial score (nSPS) is 10.6. The number of carbonyl (C=O) groups is 2. The van der Waals surface area contributed by atoms with Gasteiger partial charge in [0.15, 0.2) is 0 Å². The van der Waals surface area contributed by atoms with E-state index in [2.05, 4.69) is 0 Å². The van der Waals surface area contributed by atoms with Crippen LogP contribution in [0.5, 0.6) is 0 Å². The highest BCUT2D eigenvalue weighted by Gasteiger charge is 2.19. The lowest BCUT2D eigenvalue weighted by atomic mass is 9.92. The summed E-state index contributed by atoms with van der Waals surface area (Å²) in [7, 11) is 0. The molecule has 4 aromatic carbocycles. The lowest BCUT2D eigenvalue weighted by Crippen LogP contribution is -2.08. The standard InChI is InChI=1S/C25H18O4/c26-24(27)23-15-19-11-5-4-10-18(19)14-22(23)20-12-6-7-13-21(20)25(28)29-16-17-8-2-1-3-9-17/h1-15H,16H2,(H,26,27). The van der Waals surface area contributed by atoms with Crippen molar-refractivity contribution in [1.82, 2.24) is 0 Å². The molecule has 0 aliphatic heterocycles. The summed E-state index contributed by atoms with van der Waals surface area (Å²) in [6.07, 6.45) is 0. The maximum Gasteiger partial charge on any atom is 0.339 e. The van der Waals surface area contributed by atoms with Gasteiger partial charge in [-0.1, -0.05) is 72.8 Å². The maximum atomic E-state index is 12.8. The molecule has 0 saturated carbocycles. The van der Waals surface area contributed by atoms with E-state index in [0.717, 1.165) is 16.3 Å². The Kier molecular flexibility index (Phi) is 5.08. The fourth-order valence-corrected chi connectivity index (χ4v) is 3.34. The first-order valence-corrected chi connectivity index (χ1v) is 9.20. The third-order valence-corrected chi connectivity index (χ3v) is 4.77. The highest BCUT2D eigenvalue weighted by atomic mass is 16.5. The average Bonchev–Trinajstić information content (AvgIpc) is 2.77. The largest absolute Gasteiger partial charge is 0.478 e. The van der Waals surface area contributed by atoms with E-state index in [0.29, 0.717) is 16.7 Å². The predicted molar refractivity (Wildman–Crippen MR) is 112 cm³/mol. The van der Waals surface area contributed by atoms with Crippen molar-refractivity contribution < 1.29 is 19.4 Å². The molecule has 0 atom stereocenters. The van der Waals surface area contributed by atoms with E-state index in [1.807, 2.05) is 60.7 Å². The number of benzene rings is 4. The zero-order valence-corrected chi connectivity index (χ0v) is 15.5. The van der Waals surface area contributed by atoms with Crippen molar-refractivity contribution in [2.75, 3.05) is 0 Å². The van der Waals surface area contributed by atoms with Crippen LogP contribution in [0, 0.1) is 0 Å². The number of hydrogen-bond donors (Lipinski definition) is 1. The van der Waals surface area contributed by atoms with Crippen LogP contribution >= 0.6 is 0 Å². The van der Waals surface area contributed by atoms with Crippen molar-refractivity contribution >= 4 is 22.7 Å². The highest BCUT2D eigenvalue weighted by Crippen LogP contribution is 2.32. The zero-order valence-electron chi connectivity index (χ0n) is 15.5. The van der Waals surface area contributed by atoms with Crippen molar-refractivity contribution in [3.8, 4) is 11.1 Å². The van der Waals surface area contributed by atoms with Crippen molar-refractivity contribution in [1.29, 1.82) is 0 Å². The van der Waals surface area contributed by atoms with Crippen LogP contribution in [0.2, 0.25) is 0 Å². The lowest BCUT2D eigenvalue weighted by Gasteiger charge is -2.13. The smallest absolute Gasteiger partial charge is 0.339 e. The fourth-order valence-electron chi connectivity index (χ4n) is 3.34. The minimum absolute atomic E-state index is 0.145. The van der Waals surface area contributed by atoms with Crippen LogP contribution in [-0.2, 0) is 11.3 Å². The third-order valence-electron chi connectivity index (χ3n) is 4.77. The van der Waals surface area contributed by atoms with Gasteiger partial charge in [0.25, 0.3) is 0 Å². The van der Waals surface area contributed by atoms with Crippen LogP contribution in [0.3, 0.4) is 0 Å².